The third-order valence-corrected chi connectivity index (χ3v) is 4.69. The van der Waals surface area contributed by atoms with Gasteiger partial charge in [-0.3, -0.25) is 0 Å². The molecule has 0 saturated heterocycles. The Morgan fingerprint density at radius 1 is 1.20 bits per heavy atom. The Morgan fingerprint density at radius 2 is 1.80 bits per heavy atom. The van der Waals surface area contributed by atoms with Gasteiger partial charge in [-0.25, -0.2) is 0 Å². The molecule has 0 unspecified atom stereocenters. The first-order chi connectivity index (χ1) is 9.26. The Kier molecular flexibility index (Phi) is 7.00. The van der Waals surface area contributed by atoms with Crippen LogP contribution in [-0.4, -0.2) is 24.8 Å². The molecule has 0 amide bonds. The average Bonchev–Trinajstić information content (AvgIpc) is 2.36. The van der Waals surface area contributed by atoms with Gasteiger partial charge in [0.15, 0.2) is 0 Å². The molecule has 20 heavy (non-hydrogen) atoms. The predicted molar refractivity (Wildman–Crippen MR) is 88.1 cm³/mol. The molecule has 0 aliphatic heterocycles. The summed E-state index contributed by atoms with van der Waals surface area (Å²) >= 11 is 0. The molecule has 0 aromatic rings. The lowest BCUT2D eigenvalue weighted by molar-refractivity contribution is -0.0837. The lowest BCUT2D eigenvalue weighted by atomic mass is 9.77. The summed E-state index contributed by atoms with van der Waals surface area (Å²) in [6.45, 7) is 15.6. The zero-order valence-electron chi connectivity index (χ0n) is 14.7. The van der Waals surface area contributed by atoms with Crippen LogP contribution in [0.25, 0.3) is 0 Å². The van der Waals surface area contributed by atoms with Crippen LogP contribution in [0.5, 0.6) is 0 Å². The SMILES string of the molecule is CCC1CCC(CNC(C)C)(OCCC(C)(C)C)CC1. The van der Waals surface area contributed by atoms with Gasteiger partial charge in [0.25, 0.3) is 0 Å². The van der Waals surface area contributed by atoms with Gasteiger partial charge in [0.1, 0.15) is 0 Å². The van der Waals surface area contributed by atoms with Crippen molar-refractivity contribution in [1.29, 1.82) is 0 Å². The maximum atomic E-state index is 6.43. The number of rotatable bonds is 7. The highest BCUT2D eigenvalue weighted by atomic mass is 16.5. The van der Waals surface area contributed by atoms with Crippen LogP contribution in [0, 0.1) is 11.3 Å². The number of hydrogen-bond donors (Lipinski definition) is 1. The molecule has 0 aromatic carbocycles. The van der Waals surface area contributed by atoms with Crippen molar-refractivity contribution in [2.75, 3.05) is 13.2 Å². The van der Waals surface area contributed by atoms with Crippen molar-refractivity contribution < 1.29 is 4.74 Å². The second-order valence-corrected chi connectivity index (χ2v) is 8.23. The first kappa shape index (κ1) is 18.0. The molecule has 0 heterocycles. The molecule has 0 radical (unpaired) electrons. The van der Waals surface area contributed by atoms with Gasteiger partial charge >= 0.3 is 0 Å². The van der Waals surface area contributed by atoms with Crippen LogP contribution in [0.4, 0.5) is 0 Å². The van der Waals surface area contributed by atoms with E-state index < -0.39 is 0 Å². The molecule has 0 atom stereocenters. The van der Waals surface area contributed by atoms with Gasteiger partial charge in [0.05, 0.1) is 5.60 Å². The molecule has 0 bridgehead atoms. The number of hydrogen-bond acceptors (Lipinski definition) is 2. The van der Waals surface area contributed by atoms with E-state index in [4.69, 9.17) is 4.74 Å². The quantitative estimate of drug-likeness (QED) is 0.726. The van der Waals surface area contributed by atoms with Gasteiger partial charge in [-0.1, -0.05) is 48.0 Å². The van der Waals surface area contributed by atoms with Gasteiger partial charge < -0.3 is 10.1 Å². The van der Waals surface area contributed by atoms with Crippen LogP contribution in [0.2, 0.25) is 0 Å². The molecule has 0 spiro atoms. The van der Waals surface area contributed by atoms with Crippen LogP contribution >= 0.6 is 0 Å². The van der Waals surface area contributed by atoms with Crippen molar-refractivity contribution in [2.45, 2.75) is 91.7 Å². The summed E-state index contributed by atoms with van der Waals surface area (Å²) < 4.78 is 6.43. The fraction of sp³-hybridized carbons (Fsp3) is 1.00. The highest BCUT2D eigenvalue weighted by Crippen LogP contribution is 2.36. The first-order valence-corrected chi connectivity index (χ1v) is 8.64. The van der Waals surface area contributed by atoms with Gasteiger partial charge in [0.2, 0.25) is 0 Å². The number of ether oxygens (including phenoxy) is 1. The summed E-state index contributed by atoms with van der Waals surface area (Å²) in [5.74, 6) is 0.924. The van der Waals surface area contributed by atoms with Crippen LogP contribution in [0.15, 0.2) is 0 Å². The number of nitrogens with one attached hydrogen (secondary N) is 1. The van der Waals surface area contributed by atoms with Crippen molar-refractivity contribution in [3.63, 3.8) is 0 Å². The maximum Gasteiger partial charge on any atom is 0.0806 e. The molecule has 120 valence electrons. The van der Waals surface area contributed by atoms with E-state index in [1.165, 1.54) is 32.1 Å². The van der Waals surface area contributed by atoms with Crippen LogP contribution in [0.3, 0.4) is 0 Å². The summed E-state index contributed by atoms with van der Waals surface area (Å²) in [5, 5.41) is 3.61. The van der Waals surface area contributed by atoms with E-state index in [0.29, 0.717) is 11.5 Å². The fourth-order valence-corrected chi connectivity index (χ4v) is 2.95. The summed E-state index contributed by atoms with van der Waals surface area (Å²) in [7, 11) is 0. The molecule has 2 nitrogen and oxygen atoms in total. The van der Waals surface area contributed by atoms with Gasteiger partial charge in [-0.2, -0.15) is 0 Å². The minimum Gasteiger partial charge on any atom is -0.374 e. The van der Waals surface area contributed by atoms with E-state index in [1.54, 1.807) is 0 Å². The predicted octanol–water partition coefficient (Wildman–Crippen LogP) is 4.78. The standard InChI is InChI=1S/C18H37NO/c1-7-16-8-10-18(11-9-16,14-19-15(2)3)20-13-12-17(4,5)6/h15-16,19H,7-14H2,1-6H3. The summed E-state index contributed by atoms with van der Waals surface area (Å²) in [4.78, 5) is 0. The van der Waals surface area contributed by atoms with Crippen LogP contribution < -0.4 is 5.32 Å². The molecule has 1 rings (SSSR count). The maximum absolute atomic E-state index is 6.43. The van der Waals surface area contributed by atoms with E-state index >= 15 is 0 Å². The topological polar surface area (TPSA) is 21.3 Å². The zero-order chi connectivity index (χ0) is 15.2. The monoisotopic (exact) mass is 283 g/mol. The molecule has 1 saturated carbocycles. The first-order valence-electron chi connectivity index (χ1n) is 8.64. The Bertz CT molecular complexity index is 259. The normalized spacial score (nSPS) is 28.1. The molecule has 1 N–H and O–H groups in total. The molecule has 2 heteroatoms. The summed E-state index contributed by atoms with van der Waals surface area (Å²) in [6.07, 6.45) is 7.62. The Balaban J connectivity index is 2.51. The van der Waals surface area contributed by atoms with Gasteiger partial charge in [-0.15, -0.1) is 0 Å². The lowest BCUT2D eigenvalue weighted by Gasteiger charge is -2.41. The molecular formula is C18H37NO. The van der Waals surface area contributed by atoms with E-state index in [-0.39, 0.29) is 5.60 Å². The minimum atomic E-state index is 0.0984. The smallest absolute Gasteiger partial charge is 0.0806 e. The molecular weight excluding hydrogens is 246 g/mol. The fourth-order valence-electron chi connectivity index (χ4n) is 2.95. The third kappa shape index (κ3) is 6.58. The second-order valence-electron chi connectivity index (χ2n) is 8.23. The van der Waals surface area contributed by atoms with E-state index in [2.05, 4.69) is 46.9 Å². The highest BCUT2D eigenvalue weighted by molar-refractivity contribution is 4.89. The van der Waals surface area contributed by atoms with Crippen molar-refractivity contribution in [3.8, 4) is 0 Å². The second kappa shape index (κ2) is 7.79. The van der Waals surface area contributed by atoms with Gasteiger partial charge in [-0.05, 0) is 43.4 Å². The van der Waals surface area contributed by atoms with Crippen LogP contribution in [0.1, 0.15) is 80.1 Å². The Morgan fingerprint density at radius 3 is 2.25 bits per heavy atom. The van der Waals surface area contributed by atoms with E-state index in [1.807, 2.05) is 0 Å². The van der Waals surface area contributed by atoms with E-state index in [0.717, 1.165) is 25.5 Å². The van der Waals surface area contributed by atoms with Gasteiger partial charge in [0, 0.05) is 19.2 Å². The Labute approximate surface area is 127 Å². The molecule has 0 aromatic heterocycles. The average molecular weight is 284 g/mol. The van der Waals surface area contributed by atoms with Crippen molar-refractivity contribution in [1.82, 2.24) is 5.32 Å². The van der Waals surface area contributed by atoms with Crippen molar-refractivity contribution >= 4 is 0 Å². The molecule has 1 aliphatic carbocycles. The van der Waals surface area contributed by atoms with E-state index in [9.17, 15) is 0 Å². The Hall–Kier alpha value is -0.0800. The zero-order valence-corrected chi connectivity index (χ0v) is 14.7. The van der Waals surface area contributed by atoms with Crippen LogP contribution in [-0.2, 0) is 4.74 Å². The summed E-state index contributed by atoms with van der Waals surface area (Å²) in [6, 6.07) is 0.544. The lowest BCUT2D eigenvalue weighted by Crippen LogP contribution is -2.48. The third-order valence-electron chi connectivity index (χ3n) is 4.69. The van der Waals surface area contributed by atoms with Crippen molar-refractivity contribution in [3.05, 3.63) is 0 Å². The van der Waals surface area contributed by atoms with Crippen molar-refractivity contribution in [2.24, 2.45) is 11.3 Å². The minimum absolute atomic E-state index is 0.0984. The summed E-state index contributed by atoms with van der Waals surface area (Å²) in [5.41, 5.74) is 0.467. The highest BCUT2D eigenvalue weighted by Gasteiger charge is 2.35. The largest absolute Gasteiger partial charge is 0.374 e. The molecule has 1 fully saturated rings. The molecule has 1 aliphatic rings.